The van der Waals surface area contributed by atoms with Crippen LogP contribution in [-0.4, -0.2) is 91.8 Å². The molecule has 14 nitrogen and oxygen atoms in total. The van der Waals surface area contributed by atoms with Crippen LogP contribution in [0.3, 0.4) is 0 Å². The number of alkyl halides is 3. The molecule has 4 aromatic rings. The minimum absolute atomic E-state index is 0.0709. The van der Waals surface area contributed by atoms with E-state index in [1.807, 2.05) is 0 Å². The second-order valence-electron chi connectivity index (χ2n) is 17.1. The first-order valence-corrected chi connectivity index (χ1v) is 21.6. The molecule has 61 heavy (non-hydrogen) atoms. The van der Waals surface area contributed by atoms with E-state index in [0.717, 1.165) is 85.3 Å². The molecule has 0 bridgehead atoms. The SMILES string of the molecule is CC(C)(O)c1cc2nc(C3CCC(CN4CCC(CCNc5cccc6c5C(=O)N(C5CCC(=O)NC5=O)C6=O)CC4)CC3)sc2cc1NC(=O)c1ccc(C(F)(F)F)nn1. The van der Waals surface area contributed by atoms with E-state index in [9.17, 15) is 42.3 Å². The molecule has 1 unspecified atom stereocenters. The fourth-order valence-corrected chi connectivity index (χ4v) is 10.2. The molecule has 0 radical (unpaired) electrons. The lowest BCUT2D eigenvalue weighted by Crippen LogP contribution is -2.54. The van der Waals surface area contributed by atoms with Gasteiger partial charge in [-0.05, 0) is 127 Å². The van der Waals surface area contributed by atoms with Crippen molar-refractivity contribution in [1.82, 2.24) is 30.3 Å². The maximum atomic E-state index is 13.4. The van der Waals surface area contributed by atoms with Crippen molar-refractivity contribution in [1.29, 1.82) is 0 Å². The Morgan fingerprint density at radius 3 is 2.34 bits per heavy atom. The molecule has 3 aliphatic heterocycles. The van der Waals surface area contributed by atoms with Crippen molar-refractivity contribution in [2.24, 2.45) is 11.8 Å². The Bertz CT molecular complexity index is 2370. The van der Waals surface area contributed by atoms with Crippen LogP contribution in [0.4, 0.5) is 24.5 Å². The van der Waals surface area contributed by atoms with Crippen LogP contribution in [0.2, 0.25) is 0 Å². The average Bonchev–Trinajstić information content (AvgIpc) is 3.75. The van der Waals surface area contributed by atoms with Crippen LogP contribution in [0.1, 0.15) is 125 Å². The van der Waals surface area contributed by atoms with Crippen molar-refractivity contribution in [2.45, 2.75) is 95.4 Å². The summed E-state index contributed by atoms with van der Waals surface area (Å²) in [5.74, 6) is -1.42. The van der Waals surface area contributed by atoms with Gasteiger partial charge in [-0.2, -0.15) is 13.2 Å². The molecule has 2 saturated heterocycles. The van der Waals surface area contributed by atoms with Gasteiger partial charge in [0.2, 0.25) is 11.8 Å². The van der Waals surface area contributed by atoms with Crippen molar-refractivity contribution in [3.8, 4) is 0 Å². The first-order valence-electron chi connectivity index (χ1n) is 20.7. The second-order valence-corrected chi connectivity index (χ2v) is 18.1. The van der Waals surface area contributed by atoms with Crippen LogP contribution in [0.15, 0.2) is 42.5 Å². The van der Waals surface area contributed by atoms with E-state index in [2.05, 4.69) is 31.0 Å². The molecule has 5 amide bonds. The molecular weight excluding hydrogens is 814 g/mol. The van der Waals surface area contributed by atoms with Gasteiger partial charge >= 0.3 is 6.18 Å². The Morgan fingerprint density at radius 1 is 0.918 bits per heavy atom. The second kappa shape index (κ2) is 16.9. The van der Waals surface area contributed by atoms with Crippen molar-refractivity contribution in [2.75, 3.05) is 36.8 Å². The molecule has 18 heteroatoms. The van der Waals surface area contributed by atoms with E-state index in [4.69, 9.17) is 4.98 Å². The zero-order valence-corrected chi connectivity index (χ0v) is 34.6. The van der Waals surface area contributed by atoms with Gasteiger partial charge in [0, 0.05) is 42.4 Å². The Labute approximate surface area is 353 Å². The van der Waals surface area contributed by atoms with Gasteiger partial charge in [0.15, 0.2) is 11.4 Å². The Hall–Kier alpha value is -5.33. The lowest BCUT2D eigenvalue weighted by atomic mass is 9.81. The lowest BCUT2D eigenvalue weighted by molar-refractivity contribution is -0.142. The normalized spacial score (nSPS) is 21.8. The number of nitrogens with zero attached hydrogens (tertiary/aromatic N) is 5. The molecule has 5 heterocycles. The van der Waals surface area contributed by atoms with Gasteiger partial charge in [-0.1, -0.05) is 6.07 Å². The van der Waals surface area contributed by atoms with E-state index in [-0.39, 0.29) is 35.6 Å². The molecular formula is C43H47F3N8O6S. The van der Waals surface area contributed by atoms with Crippen molar-refractivity contribution >= 4 is 62.5 Å². The number of fused-ring (bicyclic) bond motifs is 2. The van der Waals surface area contributed by atoms with Crippen molar-refractivity contribution in [3.05, 3.63) is 75.6 Å². The summed E-state index contributed by atoms with van der Waals surface area (Å²) in [5, 5.41) is 26.9. The monoisotopic (exact) mass is 860 g/mol. The maximum absolute atomic E-state index is 13.4. The maximum Gasteiger partial charge on any atom is 0.435 e. The topological polar surface area (TPSA) is 187 Å². The number of anilines is 2. The number of thiazole rings is 1. The highest BCUT2D eigenvalue weighted by Crippen LogP contribution is 2.42. The summed E-state index contributed by atoms with van der Waals surface area (Å²) in [6.07, 6.45) is 2.74. The van der Waals surface area contributed by atoms with E-state index in [1.165, 1.54) is 0 Å². The molecule has 4 aliphatic rings. The number of imide groups is 2. The Kier molecular flexibility index (Phi) is 11.7. The molecule has 2 aromatic heterocycles. The third-order valence-electron chi connectivity index (χ3n) is 12.4. The summed E-state index contributed by atoms with van der Waals surface area (Å²) in [6, 6.07) is 9.28. The molecule has 3 fully saturated rings. The number of benzene rings is 2. The summed E-state index contributed by atoms with van der Waals surface area (Å²) < 4.78 is 39.7. The number of hydrogen-bond donors (Lipinski definition) is 4. The molecule has 322 valence electrons. The first kappa shape index (κ1) is 42.4. The molecule has 8 rings (SSSR count). The highest BCUT2D eigenvalue weighted by atomic mass is 32.1. The summed E-state index contributed by atoms with van der Waals surface area (Å²) in [6.45, 7) is 6.90. The van der Waals surface area contributed by atoms with Gasteiger partial charge in [0.25, 0.3) is 17.7 Å². The van der Waals surface area contributed by atoms with Crippen LogP contribution in [-0.2, 0) is 21.4 Å². The number of likely N-dealkylation sites (tertiary alicyclic amines) is 1. The standard InChI is InChI=1S/C43H47F3N8O6S/c1-42(2,60)27-20-31-33(21-30(27)48-37(56)29-10-12-34(52-51-29)43(44,45)46)61-39(49-31)25-8-6-24(7-9-25)22-53-18-15-23(16-19-53)14-17-47-28-5-3-4-26-36(28)41(59)54(40(26)58)32-11-13-35(55)50-38(32)57/h3-5,10,12,20-21,23-25,32,47,60H,6-9,11,13-19,22H2,1-2H3,(H,48,56)(H,50,55,57). The fraction of sp³-hybridized carbons (Fsp3) is 0.488. The summed E-state index contributed by atoms with van der Waals surface area (Å²) in [5.41, 5.74) is -0.282. The quantitative estimate of drug-likeness (QED) is 0.121. The van der Waals surface area contributed by atoms with Gasteiger partial charge in [-0.25, -0.2) is 4.98 Å². The third kappa shape index (κ3) is 9.02. The first-order chi connectivity index (χ1) is 29.0. The predicted molar refractivity (Wildman–Crippen MR) is 220 cm³/mol. The number of piperidine rings is 2. The largest absolute Gasteiger partial charge is 0.435 e. The van der Waals surface area contributed by atoms with E-state index in [0.29, 0.717) is 46.9 Å². The van der Waals surface area contributed by atoms with Crippen LogP contribution < -0.4 is 16.0 Å². The highest BCUT2D eigenvalue weighted by molar-refractivity contribution is 7.18. The summed E-state index contributed by atoms with van der Waals surface area (Å²) >= 11 is 1.55. The molecule has 2 aromatic carbocycles. The van der Waals surface area contributed by atoms with Gasteiger partial charge < -0.3 is 20.6 Å². The van der Waals surface area contributed by atoms with Crippen LogP contribution >= 0.6 is 11.3 Å². The Balaban J connectivity index is 0.807. The smallest absolute Gasteiger partial charge is 0.386 e. The zero-order chi connectivity index (χ0) is 43.2. The van der Waals surface area contributed by atoms with Crippen LogP contribution in [0.25, 0.3) is 10.2 Å². The number of aliphatic hydroxyl groups is 1. The Morgan fingerprint density at radius 2 is 1.67 bits per heavy atom. The molecule has 1 atom stereocenters. The van der Waals surface area contributed by atoms with Gasteiger partial charge in [0.1, 0.15) is 6.04 Å². The number of carbonyl (C=O) groups excluding carboxylic acids is 5. The number of nitrogens with one attached hydrogen (secondary N) is 3. The lowest BCUT2D eigenvalue weighted by Gasteiger charge is -2.36. The molecule has 1 aliphatic carbocycles. The van der Waals surface area contributed by atoms with Crippen molar-refractivity contribution < 1.29 is 42.3 Å². The van der Waals surface area contributed by atoms with E-state index < -0.39 is 53.0 Å². The minimum Gasteiger partial charge on any atom is -0.386 e. The molecule has 4 N–H and O–H groups in total. The number of halogens is 3. The summed E-state index contributed by atoms with van der Waals surface area (Å²) in [4.78, 5) is 72.3. The highest BCUT2D eigenvalue weighted by Gasteiger charge is 2.45. The minimum atomic E-state index is -4.68. The predicted octanol–water partition coefficient (Wildman–Crippen LogP) is 6.47. The van der Waals surface area contributed by atoms with E-state index in [1.54, 1.807) is 55.5 Å². The summed E-state index contributed by atoms with van der Waals surface area (Å²) in [7, 11) is 0. The number of carbonyl (C=O) groups is 5. The van der Waals surface area contributed by atoms with Gasteiger partial charge in [-0.3, -0.25) is 34.2 Å². The van der Waals surface area contributed by atoms with Crippen LogP contribution in [0, 0.1) is 11.8 Å². The number of rotatable bonds is 11. The van der Waals surface area contributed by atoms with Gasteiger partial charge in [0.05, 0.1) is 32.0 Å². The average molecular weight is 861 g/mol. The van der Waals surface area contributed by atoms with E-state index >= 15 is 0 Å². The number of amides is 5. The number of aromatic nitrogens is 3. The zero-order valence-electron chi connectivity index (χ0n) is 33.8. The molecule has 1 saturated carbocycles. The number of hydrogen-bond acceptors (Lipinski definition) is 12. The van der Waals surface area contributed by atoms with Gasteiger partial charge in [-0.15, -0.1) is 21.5 Å². The fourth-order valence-electron chi connectivity index (χ4n) is 9.05. The molecule has 0 spiro atoms. The van der Waals surface area contributed by atoms with Crippen LogP contribution in [0.5, 0.6) is 0 Å². The third-order valence-corrected chi connectivity index (χ3v) is 13.6. The van der Waals surface area contributed by atoms with Crippen molar-refractivity contribution in [3.63, 3.8) is 0 Å².